The second-order valence-corrected chi connectivity index (χ2v) is 6.57. The molecule has 1 atom stereocenters. The molecular weight excluding hydrogens is 430 g/mol. The van der Waals surface area contributed by atoms with Gasteiger partial charge in [0.25, 0.3) is 17.8 Å². The zero-order valence-corrected chi connectivity index (χ0v) is 16.8. The molecule has 0 aromatic heterocycles. The van der Waals surface area contributed by atoms with Crippen LogP contribution in [0.4, 0.5) is 26.3 Å². The van der Waals surface area contributed by atoms with Gasteiger partial charge in [-0.05, 0) is 6.42 Å². The van der Waals surface area contributed by atoms with Crippen LogP contribution in [0.3, 0.4) is 0 Å². The molecule has 0 aliphatic heterocycles. The molecule has 0 saturated heterocycles. The standard InChI is InChI=1S/C17H30F6O7/c1-2-4-27-8-15(18,19)10-29-12-17(22,23)13-30-11-16(20,21)9-28-7-14(25)6-26-5-3-24/h14,24-25H,2-13H2,1H3. The lowest BCUT2D eigenvalue weighted by molar-refractivity contribution is -0.184. The van der Waals surface area contributed by atoms with Crippen molar-refractivity contribution in [3.05, 3.63) is 0 Å². The quantitative estimate of drug-likeness (QED) is 0.211. The highest BCUT2D eigenvalue weighted by molar-refractivity contribution is 4.70. The molecule has 13 heteroatoms. The van der Waals surface area contributed by atoms with Crippen molar-refractivity contribution in [3.8, 4) is 0 Å². The van der Waals surface area contributed by atoms with Crippen molar-refractivity contribution < 1.29 is 60.2 Å². The molecule has 30 heavy (non-hydrogen) atoms. The normalized spacial score (nSPS) is 14.3. The molecule has 7 nitrogen and oxygen atoms in total. The molecule has 0 fully saturated rings. The third kappa shape index (κ3) is 17.0. The van der Waals surface area contributed by atoms with E-state index in [1.807, 2.05) is 0 Å². The minimum absolute atomic E-state index is 0.0384. The molecule has 0 aliphatic carbocycles. The Bertz CT molecular complexity index is 429. The number of aliphatic hydroxyl groups is 2. The average molecular weight is 460 g/mol. The van der Waals surface area contributed by atoms with Crippen molar-refractivity contribution in [1.82, 2.24) is 0 Å². The zero-order chi connectivity index (χ0) is 23.1. The first-order valence-electron chi connectivity index (χ1n) is 9.24. The Hall–Kier alpha value is -0.700. The van der Waals surface area contributed by atoms with E-state index in [9.17, 15) is 31.4 Å². The predicted molar refractivity (Wildman–Crippen MR) is 92.3 cm³/mol. The number of ether oxygens (including phenoxy) is 5. The Balaban J connectivity index is 4.02. The number of hydrogen-bond acceptors (Lipinski definition) is 7. The van der Waals surface area contributed by atoms with E-state index < -0.39 is 70.1 Å². The topological polar surface area (TPSA) is 86.6 Å². The Morgan fingerprint density at radius 3 is 1.47 bits per heavy atom. The Morgan fingerprint density at radius 1 is 0.633 bits per heavy atom. The second-order valence-electron chi connectivity index (χ2n) is 6.57. The largest absolute Gasteiger partial charge is 0.394 e. The van der Waals surface area contributed by atoms with Gasteiger partial charge in [-0.3, -0.25) is 0 Å². The van der Waals surface area contributed by atoms with Crippen LogP contribution < -0.4 is 0 Å². The molecule has 0 aliphatic rings. The van der Waals surface area contributed by atoms with E-state index in [2.05, 4.69) is 18.9 Å². The van der Waals surface area contributed by atoms with Gasteiger partial charge in [0.1, 0.15) is 45.7 Å². The molecule has 2 N–H and O–H groups in total. The van der Waals surface area contributed by atoms with Gasteiger partial charge < -0.3 is 33.9 Å². The van der Waals surface area contributed by atoms with Crippen LogP contribution in [-0.2, 0) is 23.7 Å². The molecule has 0 spiro atoms. The van der Waals surface area contributed by atoms with E-state index in [0.29, 0.717) is 6.42 Å². The third-order valence-corrected chi connectivity index (χ3v) is 3.08. The summed E-state index contributed by atoms with van der Waals surface area (Å²) in [6.45, 7) is -7.01. The van der Waals surface area contributed by atoms with Crippen molar-refractivity contribution in [2.24, 2.45) is 0 Å². The lowest BCUT2D eigenvalue weighted by Gasteiger charge is -2.22. The Labute approximate surface area is 171 Å². The number of alkyl halides is 6. The van der Waals surface area contributed by atoms with E-state index >= 15 is 0 Å². The maximum Gasteiger partial charge on any atom is 0.293 e. The van der Waals surface area contributed by atoms with Crippen molar-refractivity contribution in [2.45, 2.75) is 37.2 Å². The first kappa shape index (κ1) is 29.3. The van der Waals surface area contributed by atoms with Crippen LogP contribution in [0.1, 0.15) is 13.3 Å². The van der Waals surface area contributed by atoms with Gasteiger partial charge in [-0.25, -0.2) is 26.3 Å². The van der Waals surface area contributed by atoms with Crippen LogP contribution in [0.2, 0.25) is 0 Å². The highest BCUT2D eigenvalue weighted by Crippen LogP contribution is 2.21. The molecule has 0 aromatic carbocycles. The predicted octanol–water partition coefficient (Wildman–Crippen LogP) is 1.74. The molecule has 1 unspecified atom stereocenters. The van der Waals surface area contributed by atoms with Crippen LogP contribution in [0.5, 0.6) is 0 Å². The molecule has 0 aromatic rings. The number of aliphatic hydroxyl groups excluding tert-OH is 2. The fourth-order valence-electron chi connectivity index (χ4n) is 1.87. The lowest BCUT2D eigenvalue weighted by atomic mass is 10.3. The molecule has 0 heterocycles. The minimum Gasteiger partial charge on any atom is -0.394 e. The summed E-state index contributed by atoms with van der Waals surface area (Å²) in [6, 6.07) is 0. The summed E-state index contributed by atoms with van der Waals surface area (Å²) >= 11 is 0. The lowest BCUT2D eigenvalue weighted by Crippen LogP contribution is -2.38. The fourth-order valence-corrected chi connectivity index (χ4v) is 1.87. The zero-order valence-electron chi connectivity index (χ0n) is 16.8. The van der Waals surface area contributed by atoms with Gasteiger partial charge in [0.2, 0.25) is 0 Å². The van der Waals surface area contributed by atoms with Crippen LogP contribution in [0.15, 0.2) is 0 Å². The van der Waals surface area contributed by atoms with Crippen LogP contribution in [0.25, 0.3) is 0 Å². The summed E-state index contributed by atoms with van der Waals surface area (Å²) in [5.41, 5.74) is 0. The molecule has 0 bridgehead atoms. The Kier molecular flexibility index (Phi) is 14.8. The van der Waals surface area contributed by atoms with Gasteiger partial charge in [0.15, 0.2) is 0 Å². The molecular formula is C17H30F6O7. The van der Waals surface area contributed by atoms with Crippen LogP contribution in [0, 0.1) is 0 Å². The number of rotatable bonds is 20. The number of halogens is 6. The molecule has 0 amide bonds. The van der Waals surface area contributed by atoms with E-state index in [0.717, 1.165) is 0 Å². The van der Waals surface area contributed by atoms with Gasteiger partial charge in [-0.1, -0.05) is 6.92 Å². The fraction of sp³-hybridized carbons (Fsp3) is 1.00. The van der Waals surface area contributed by atoms with Gasteiger partial charge in [0.05, 0.1) is 26.4 Å². The van der Waals surface area contributed by atoms with E-state index in [-0.39, 0.29) is 26.4 Å². The van der Waals surface area contributed by atoms with Crippen molar-refractivity contribution in [2.75, 3.05) is 72.7 Å². The monoisotopic (exact) mass is 460 g/mol. The summed E-state index contributed by atoms with van der Waals surface area (Å²) in [6.07, 6.45) is -0.693. The minimum atomic E-state index is -3.75. The van der Waals surface area contributed by atoms with E-state index in [1.165, 1.54) is 0 Å². The second kappa shape index (κ2) is 15.2. The number of hydrogen-bond donors (Lipinski definition) is 2. The maximum absolute atomic E-state index is 13.5. The van der Waals surface area contributed by atoms with Crippen LogP contribution >= 0.6 is 0 Å². The van der Waals surface area contributed by atoms with E-state index in [1.54, 1.807) is 6.92 Å². The molecule has 182 valence electrons. The van der Waals surface area contributed by atoms with Crippen molar-refractivity contribution in [3.63, 3.8) is 0 Å². The summed E-state index contributed by atoms with van der Waals surface area (Å²) in [5, 5.41) is 17.8. The van der Waals surface area contributed by atoms with Gasteiger partial charge in [0, 0.05) is 6.61 Å². The third-order valence-electron chi connectivity index (χ3n) is 3.08. The van der Waals surface area contributed by atoms with Gasteiger partial charge in [-0.2, -0.15) is 0 Å². The summed E-state index contributed by atoms with van der Waals surface area (Å²) in [4.78, 5) is 0. The first-order valence-corrected chi connectivity index (χ1v) is 9.24. The Morgan fingerprint density at radius 2 is 1.03 bits per heavy atom. The van der Waals surface area contributed by atoms with Gasteiger partial charge >= 0.3 is 0 Å². The summed E-state index contributed by atoms with van der Waals surface area (Å²) < 4.78 is 103. The van der Waals surface area contributed by atoms with Crippen molar-refractivity contribution >= 4 is 0 Å². The first-order chi connectivity index (χ1) is 13.9. The maximum atomic E-state index is 13.5. The summed E-state index contributed by atoms with van der Waals surface area (Å²) in [7, 11) is 0. The van der Waals surface area contributed by atoms with E-state index in [4.69, 9.17) is 9.84 Å². The highest BCUT2D eigenvalue weighted by atomic mass is 19.3. The average Bonchev–Trinajstić information content (AvgIpc) is 2.61. The highest BCUT2D eigenvalue weighted by Gasteiger charge is 2.37. The SMILES string of the molecule is CCCOCC(F)(F)COCC(F)(F)COCC(F)(F)COCC(O)COCCO. The smallest absolute Gasteiger partial charge is 0.293 e. The van der Waals surface area contributed by atoms with Crippen molar-refractivity contribution in [1.29, 1.82) is 0 Å². The molecule has 0 saturated carbocycles. The van der Waals surface area contributed by atoms with Gasteiger partial charge in [-0.15, -0.1) is 0 Å². The van der Waals surface area contributed by atoms with Crippen LogP contribution in [-0.4, -0.2) is 107 Å². The summed E-state index contributed by atoms with van der Waals surface area (Å²) in [5.74, 6) is -10.8. The molecule has 0 rings (SSSR count). The molecule has 0 radical (unpaired) electrons.